The summed E-state index contributed by atoms with van der Waals surface area (Å²) in [4.78, 5) is 25.7. The molecule has 0 fully saturated rings. The molecule has 1 aliphatic rings. The topological polar surface area (TPSA) is 115 Å². The van der Waals surface area contributed by atoms with Gasteiger partial charge in [0.15, 0.2) is 6.61 Å². The molecule has 126 valence electrons. The minimum absolute atomic E-state index is 0.0803. The van der Waals surface area contributed by atoms with Gasteiger partial charge in [-0.05, 0) is 30.3 Å². The second-order valence-electron chi connectivity index (χ2n) is 5.27. The number of amides is 1. The number of nitrogens with two attached hydrogens (primary N) is 1. The zero-order chi connectivity index (χ0) is 17.8. The highest BCUT2D eigenvalue weighted by Gasteiger charge is 2.14. The highest BCUT2D eigenvalue weighted by Crippen LogP contribution is 2.28. The number of ether oxygens (including phenoxy) is 1. The molecule has 0 atom stereocenters. The van der Waals surface area contributed by atoms with Gasteiger partial charge < -0.3 is 20.9 Å². The smallest absolute Gasteiger partial charge is 0.336 e. The van der Waals surface area contributed by atoms with E-state index in [0.29, 0.717) is 33.6 Å². The van der Waals surface area contributed by atoms with Gasteiger partial charge in [-0.25, -0.2) is 4.79 Å². The van der Waals surface area contributed by atoms with Gasteiger partial charge in [-0.2, -0.15) is 0 Å². The summed E-state index contributed by atoms with van der Waals surface area (Å²) in [5.41, 5.74) is 7.78. The van der Waals surface area contributed by atoms with Crippen LogP contribution in [0.3, 0.4) is 0 Å². The van der Waals surface area contributed by atoms with Crippen LogP contribution < -0.4 is 15.8 Å². The first-order chi connectivity index (χ1) is 12.0. The zero-order valence-electron chi connectivity index (χ0n) is 13.1. The monoisotopic (exact) mass is 337 g/mol. The fourth-order valence-corrected chi connectivity index (χ4v) is 2.38. The normalized spacial score (nSPS) is 12.2. The Morgan fingerprint density at radius 1 is 1.20 bits per heavy atom. The van der Waals surface area contributed by atoms with E-state index in [1.165, 1.54) is 12.3 Å². The Labute approximate surface area is 143 Å². The van der Waals surface area contributed by atoms with Gasteiger partial charge in [0.2, 0.25) is 0 Å². The van der Waals surface area contributed by atoms with Gasteiger partial charge in [-0.3, -0.25) is 9.78 Å². The highest BCUT2D eigenvalue weighted by molar-refractivity contribution is 6.02. The number of carboxylic acid groups (broad SMARTS) is 1. The molecule has 7 nitrogen and oxygen atoms in total. The summed E-state index contributed by atoms with van der Waals surface area (Å²) in [6.45, 7) is 0.0803. The van der Waals surface area contributed by atoms with Crippen LogP contribution >= 0.6 is 0 Å². The first kappa shape index (κ1) is 16.3. The number of anilines is 2. The molecule has 7 heteroatoms. The van der Waals surface area contributed by atoms with Gasteiger partial charge in [0, 0.05) is 17.3 Å². The van der Waals surface area contributed by atoms with Crippen LogP contribution in [0, 0.1) is 0 Å². The number of carbonyl (C=O) groups excluding carboxylic acids is 1. The van der Waals surface area contributed by atoms with Crippen molar-refractivity contribution >= 4 is 34.2 Å². The molecule has 0 radical (unpaired) electrons. The molecule has 4 rings (SSSR count). The maximum Gasteiger partial charge on any atom is 0.336 e. The Morgan fingerprint density at radius 2 is 2.00 bits per heavy atom. The fourth-order valence-electron chi connectivity index (χ4n) is 2.38. The van der Waals surface area contributed by atoms with Crippen molar-refractivity contribution in [2.45, 2.75) is 0 Å². The molecule has 0 saturated heterocycles. The summed E-state index contributed by atoms with van der Waals surface area (Å²) in [5, 5.41) is 12.2. The first-order valence-electron chi connectivity index (χ1n) is 7.44. The standard InChI is InChI=1S/C10H7NO2.C8H8N2O2/c12-10(13)8-5-6-11-9-4-2-1-3-7(8)9;9-5-1-2-7-6(3-5)10-8(11)4-12-7/h1-6H,(H,12,13);1-3H,4,9H2,(H,10,11). The van der Waals surface area contributed by atoms with Crippen molar-refractivity contribution < 1.29 is 19.4 Å². The van der Waals surface area contributed by atoms with Crippen LogP contribution in [0.15, 0.2) is 54.7 Å². The summed E-state index contributed by atoms with van der Waals surface area (Å²) < 4.78 is 5.12. The largest absolute Gasteiger partial charge is 0.482 e. The maximum absolute atomic E-state index is 10.9. The molecule has 25 heavy (non-hydrogen) atoms. The summed E-state index contributed by atoms with van der Waals surface area (Å²) in [6.07, 6.45) is 1.51. The third-order valence-electron chi connectivity index (χ3n) is 3.52. The number of hydrogen-bond acceptors (Lipinski definition) is 5. The minimum atomic E-state index is -0.918. The van der Waals surface area contributed by atoms with Crippen molar-refractivity contribution in [3.8, 4) is 5.75 Å². The van der Waals surface area contributed by atoms with Crippen LogP contribution in [0.4, 0.5) is 11.4 Å². The molecule has 0 saturated carbocycles. The number of nitrogens with zero attached hydrogens (tertiary/aromatic N) is 1. The molecule has 0 spiro atoms. The zero-order valence-corrected chi connectivity index (χ0v) is 13.1. The molecule has 2 aromatic carbocycles. The van der Waals surface area contributed by atoms with Crippen molar-refractivity contribution in [3.63, 3.8) is 0 Å². The third-order valence-corrected chi connectivity index (χ3v) is 3.52. The van der Waals surface area contributed by atoms with E-state index in [1.807, 2.05) is 6.07 Å². The average Bonchev–Trinajstić information content (AvgIpc) is 2.61. The lowest BCUT2D eigenvalue weighted by Crippen LogP contribution is -2.25. The van der Waals surface area contributed by atoms with Crippen molar-refractivity contribution in [1.82, 2.24) is 4.98 Å². The van der Waals surface area contributed by atoms with E-state index in [9.17, 15) is 9.59 Å². The SMILES string of the molecule is Nc1ccc2c(c1)NC(=O)CO2.O=C(O)c1ccnc2ccccc12. The van der Waals surface area contributed by atoms with Gasteiger partial charge >= 0.3 is 5.97 Å². The number of para-hydroxylation sites is 1. The molecule has 3 aromatic rings. The second-order valence-corrected chi connectivity index (χ2v) is 5.27. The Kier molecular flexibility index (Phi) is 4.47. The molecule has 0 aliphatic carbocycles. The van der Waals surface area contributed by atoms with E-state index in [-0.39, 0.29) is 12.5 Å². The molecule has 0 bridgehead atoms. The van der Waals surface area contributed by atoms with Crippen LogP contribution in [0.1, 0.15) is 10.4 Å². The predicted molar refractivity (Wildman–Crippen MR) is 93.7 cm³/mol. The molecule has 0 unspecified atom stereocenters. The van der Waals surface area contributed by atoms with Gasteiger partial charge in [-0.15, -0.1) is 0 Å². The Bertz CT molecular complexity index is 951. The van der Waals surface area contributed by atoms with Gasteiger partial charge in [0.25, 0.3) is 5.91 Å². The van der Waals surface area contributed by atoms with E-state index in [1.54, 1.807) is 36.4 Å². The van der Waals surface area contributed by atoms with Gasteiger partial charge in [0.1, 0.15) is 5.75 Å². The number of aromatic carboxylic acids is 1. The van der Waals surface area contributed by atoms with Crippen LogP contribution in [-0.2, 0) is 4.79 Å². The number of fused-ring (bicyclic) bond motifs is 2. The molecule has 1 aromatic heterocycles. The van der Waals surface area contributed by atoms with Gasteiger partial charge in [0.05, 0.1) is 16.8 Å². The molecular weight excluding hydrogens is 322 g/mol. The lowest BCUT2D eigenvalue weighted by atomic mass is 10.1. The first-order valence-corrected chi connectivity index (χ1v) is 7.44. The van der Waals surface area contributed by atoms with Crippen molar-refractivity contribution in [1.29, 1.82) is 0 Å². The van der Waals surface area contributed by atoms with Crippen LogP contribution in [0.5, 0.6) is 5.75 Å². The molecule has 2 heterocycles. The number of rotatable bonds is 1. The highest BCUT2D eigenvalue weighted by atomic mass is 16.5. The average molecular weight is 337 g/mol. The lowest BCUT2D eigenvalue weighted by Gasteiger charge is -2.17. The van der Waals surface area contributed by atoms with Gasteiger partial charge in [-0.1, -0.05) is 18.2 Å². The van der Waals surface area contributed by atoms with Crippen molar-refractivity contribution in [2.24, 2.45) is 0 Å². The Hall–Kier alpha value is -3.61. The summed E-state index contributed by atoms with van der Waals surface area (Å²) >= 11 is 0. The van der Waals surface area contributed by atoms with Crippen molar-refractivity contribution in [3.05, 3.63) is 60.3 Å². The third kappa shape index (κ3) is 3.66. The van der Waals surface area contributed by atoms with E-state index in [0.717, 1.165) is 0 Å². The minimum Gasteiger partial charge on any atom is -0.482 e. The number of nitrogen functional groups attached to an aromatic ring is 1. The second kappa shape index (κ2) is 6.88. The summed E-state index contributed by atoms with van der Waals surface area (Å²) in [6, 6.07) is 13.8. The number of benzene rings is 2. The molecule has 1 aliphatic heterocycles. The molecule has 1 amide bonds. The fraction of sp³-hybridized carbons (Fsp3) is 0.0556. The number of nitrogens with one attached hydrogen (secondary N) is 1. The van der Waals surface area contributed by atoms with E-state index >= 15 is 0 Å². The summed E-state index contributed by atoms with van der Waals surface area (Å²) in [5.74, 6) is -0.393. The number of hydrogen-bond donors (Lipinski definition) is 3. The number of carboxylic acids is 1. The summed E-state index contributed by atoms with van der Waals surface area (Å²) in [7, 11) is 0. The van der Waals surface area contributed by atoms with Crippen molar-refractivity contribution in [2.75, 3.05) is 17.7 Å². The lowest BCUT2D eigenvalue weighted by molar-refractivity contribution is -0.118. The molecular formula is C18H15N3O4. The maximum atomic E-state index is 10.9. The Morgan fingerprint density at radius 3 is 2.80 bits per heavy atom. The van der Waals surface area contributed by atoms with Crippen LogP contribution in [0.25, 0.3) is 10.9 Å². The van der Waals surface area contributed by atoms with Crippen LogP contribution in [-0.4, -0.2) is 28.6 Å². The van der Waals surface area contributed by atoms with E-state index in [2.05, 4.69) is 10.3 Å². The predicted octanol–water partition coefficient (Wildman–Crippen LogP) is 2.53. The quantitative estimate of drug-likeness (QED) is 0.588. The molecule has 4 N–H and O–H groups in total. The Balaban J connectivity index is 0.000000146. The van der Waals surface area contributed by atoms with E-state index < -0.39 is 5.97 Å². The number of pyridine rings is 1. The number of aromatic nitrogens is 1. The van der Waals surface area contributed by atoms with Crippen LogP contribution in [0.2, 0.25) is 0 Å². The van der Waals surface area contributed by atoms with E-state index in [4.69, 9.17) is 15.6 Å². The number of carbonyl (C=O) groups is 2.